The van der Waals surface area contributed by atoms with Crippen LogP contribution in [0, 0.1) is 0 Å². The summed E-state index contributed by atoms with van der Waals surface area (Å²) in [6.45, 7) is -0.00121. The van der Waals surface area contributed by atoms with Crippen LogP contribution >= 0.6 is 0 Å². The zero-order valence-corrected chi connectivity index (χ0v) is 17.4. The number of rotatable bonds is 18. The van der Waals surface area contributed by atoms with Crippen LogP contribution in [0.2, 0.25) is 0 Å². The molecule has 0 aromatic rings. The number of carboxylic acid groups (broad SMARTS) is 1. The van der Waals surface area contributed by atoms with E-state index in [0.717, 1.165) is 44.9 Å². The fraction of sp³-hybridized carbons (Fsp3) is 0.812. The zero-order chi connectivity index (χ0) is 21.5. The predicted octanol–water partition coefficient (Wildman–Crippen LogP) is 2.93. The molecular weight excluding hydrogens is 416 g/mol. The fourth-order valence-corrected chi connectivity index (χ4v) is 3.23. The summed E-state index contributed by atoms with van der Waals surface area (Å²) in [5.41, 5.74) is 0. The Morgan fingerprint density at radius 2 is 1.29 bits per heavy atom. The number of hydrogen-bond acceptors (Lipinski definition) is 7. The molecule has 0 amide bonds. The van der Waals surface area contributed by atoms with Gasteiger partial charge in [0.2, 0.25) is 0 Å². The number of carboxylic acids is 1. The molecule has 0 radical (unpaired) electrons. The molecular formula is C16H30O10S2. The highest BCUT2D eigenvalue weighted by atomic mass is 32.3. The van der Waals surface area contributed by atoms with Crippen LogP contribution in [-0.4, -0.2) is 49.7 Å². The maximum absolute atomic E-state index is 10.8. The lowest BCUT2D eigenvalue weighted by molar-refractivity contribution is -0.145. The summed E-state index contributed by atoms with van der Waals surface area (Å²) in [5.74, 6) is -1.44. The summed E-state index contributed by atoms with van der Waals surface area (Å²) in [6.07, 6.45) is 10.8. The Bertz CT molecular complexity index is 655. The summed E-state index contributed by atoms with van der Waals surface area (Å²) in [7, 11) is -9.11. The van der Waals surface area contributed by atoms with Crippen LogP contribution < -0.4 is 0 Å². The third-order valence-electron chi connectivity index (χ3n) is 3.76. The molecule has 1 atom stereocenters. The van der Waals surface area contributed by atoms with Crippen molar-refractivity contribution >= 4 is 26.8 Å². The molecule has 0 aliphatic heterocycles. The molecule has 0 heterocycles. The standard InChI is InChI=1S/C16H30O10S2/c17-16(18)15(26-28(22,23)24)13-11-9-7-5-3-1-2-4-6-8-10-12-14-25-27(19,20)21/h5,7,15H,1-4,6,8-14H2,(H,17,18)(H,19,20,21)(H,22,23,24)/b7-5+/t15-/m1/s1. The van der Waals surface area contributed by atoms with E-state index in [1.165, 1.54) is 0 Å². The Morgan fingerprint density at radius 1 is 0.786 bits per heavy atom. The topological polar surface area (TPSA) is 164 Å². The molecule has 28 heavy (non-hydrogen) atoms. The van der Waals surface area contributed by atoms with Gasteiger partial charge in [-0.15, -0.1) is 0 Å². The summed E-state index contributed by atoms with van der Waals surface area (Å²) in [4.78, 5) is 10.8. The maximum Gasteiger partial charge on any atom is 0.398 e. The Labute approximate surface area is 166 Å². The maximum atomic E-state index is 10.8. The van der Waals surface area contributed by atoms with Gasteiger partial charge in [-0.1, -0.05) is 44.3 Å². The van der Waals surface area contributed by atoms with Gasteiger partial charge in [-0.05, 0) is 38.5 Å². The zero-order valence-electron chi connectivity index (χ0n) is 15.7. The first-order valence-corrected chi connectivity index (χ1v) is 11.9. The van der Waals surface area contributed by atoms with Crippen LogP contribution in [0.4, 0.5) is 0 Å². The van der Waals surface area contributed by atoms with E-state index in [0.29, 0.717) is 19.3 Å². The average molecular weight is 447 g/mol. The van der Waals surface area contributed by atoms with Gasteiger partial charge >= 0.3 is 26.8 Å². The van der Waals surface area contributed by atoms with Crippen molar-refractivity contribution in [1.82, 2.24) is 0 Å². The molecule has 0 aliphatic rings. The van der Waals surface area contributed by atoms with Gasteiger partial charge in [0.05, 0.1) is 6.61 Å². The van der Waals surface area contributed by atoms with Crippen molar-refractivity contribution in [2.45, 2.75) is 76.7 Å². The molecule has 0 aromatic carbocycles. The normalized spacial score (nSPS) is 13.8. The van der Waals surface area contributed by atoms with Crippen molar-refractivity contribution in [1.29, 1.82) is 0 Å². The summed E-state index contributed by atoms with van der Waals surface area (Å²) in [6, 6.07) is 0. The molecule has 0 spiro atoms. The average Bonchev–Trinajstić information content (AvgIpc) is 2.55. The molecule has 0 aromatic heterocycles. The highest BCUT2D eigenvalue weighted by Crippen LogP contribution is 2.11. The van der Waals surface area contributed by atoms with E-state index in [1.54, 1.807) is 0 Å². The van der Waals surface area contributed by atoms with E-state index in [2.05, 4.69) is 8.37 Å². The van der Waals surface area contributed by atoms with Crippen molar-refractivity contribution < 1.29 is 44.2 Å². The predicted molar refractivity (Wildman–Crippen MR) is 101 cm³/mol. The second-order valence-corrected chi connectivity index (χ2v) is 8.41. The van der Waals surface area contributed by atoms with E-state index >= 15 is 0 Å². The van der Waals surface area contributed by atoms with Crippen molar-refractivity contribution in [3.8, 4) is 0 Å². The van der Waals surface area contributed by atoms with Crippen molar-refractivity contribution in [2.75, 3.05) is 6.61 Å². The summed E-state index contributed by atoms with van der Waals surface area (Å²) < 4.78 is 67.0. The molecule has 0 rings (SSSR count). The van der Waals surface area contributed by atoms with Gasteiger partial charge in [0.1, 0.15) is 0 Å². The van der Waals surface area contributed by atoms with E-state index in [4.69, 9.17) is 14.2 Å². The fourth-order valence-electron chi connectivity index (χ4n) is 2.43. The van der Waals surface area contributed by atoms with Crippen molar-refractivity contribution in [2.24, 2.45) is 0 Å². The molecule has 12 heteroatoms. The van der Waals surface area contributed by atoms with Gasteiger partial charge in [-0.25, -0.2) is 13.2 Å². The third-order valence-corrected chi connectivity index (χ3v) is 4.70. The van der Waals surface area contributed by atoms with E-state index in [1.807, 2.05) is 12.2 Å². The monoisotopic (exact) mass is 446 g/mol. The number of hydrogen-bond donors (Lipinski definition) is 3. The van der Waals surface area contributed by atoms with E-state index in [-0.39, 0.29) is 13.0 Å². The molecule has 0 aliphatic carbocycles. The number of unbranched alkanes of at least 4 members (excludes halogenated alkanes) is 8. The molecule has 10 nitrogen and oxygen atoms in total. The molecule has 0 saturated carbocycles. The van der Waals surface area contributed by atoms with Crippen LogP contribution in [0.15, 0.2) is 12.2 Å². The van der Waals surface area contributed by atoms with Crippen LogP contribution in [0.5, 0.6) is 0 Å². The molecule has 3 N–H and O–H groups in total. The largest absolute Gasteiger partial charge is 0.479 e. The number of allylic oxidation sites excluding steroid dienone is 2. The lowest BCUT2D eigenvalue weighted by Crippen LogP contribution is -2.26. The minimum absolute atomic E-state index is 0.00121. The second-order valence-electron chi connectivity index (χ2n) is 6.27. The minimum Gasteiger partial charge on any atom is -0.479 e. The summed E-state index contributed by atoms with van der Waals surface area (Å²) >= 11 is 0. The third kappa shape index (κ3) is 19.7. The van der Waals surface area contributed by atoms with Gasteiger partial charge in [0.15, 0.2) is 6.10 Å². The quantitative estimate of drug-likeness (QED) is 0.162. The Morgan fingerprint density at radius 3 is 1.79 bits per heavy atom. The number of aliphatic carboxylic acids is 1. The Kier molecular flexibility index (Phi) is 14.3. The van der Waals surface area contributed by atoms with Crippen LogP contribution in [-0.2, 0) is 34.0 Å². The lowest BCUT2D eigenvalue weighted by atomic mass is 10.1. The molecule has 0 bridgehead atoms. The smallest absolute Gasteiger partial charge is 0.398 e. The first-order chi connectivity index (χ1) is 13.0. The first-order valence-electron chi connectivity index (χ1n) is 9.16. The van der Waals surface area contributed by atoms with Crippen molar-refractivity contribution in [3.63, 3.8) is 0 Å². The number of carbonyl (C=O) groups is 1. The van der Waals surface area contributed by atoms with E-state index in [9.17, 15) is 21.6 Å². The minimum atomic E-state index is -4.78. The SMILES string of the molecule is O=C(O)[C@@H](CCC/C=C/CCCCCCCCCOS(=O)(=O)O)OS(=O)(=O)O. The molecule has 166 valence electrons. The second kappa shape index (κ2) is 14.9. The summed E-state index contributed by atoms with van der Waals surface area (Å²) in [5, 5.41) is 8.81. The van der Waals surface area contributed by atoms with Gasteiger partial charge in [0, 0.05) is 0 Å². The molecule has 0 saturated heterocycles. The molecule has 0 fully saturated rings. The molecule has 0 unspecified atom stereocenters. The first kappa shape index (κ1) is 27.0. The highest BCUT2D eigenvalue weighted by molar-refractivity contribution is 7.81. The van der Waals surface area contributed by atoms with Gasteiger partial charge in [-0.3, -0.25) is 9.11 Å². The van der Waals surface area contributed by atoms with Gasteiger partial charge in [0.25, 0.3) is 0 Å². The van der Waals surface area contributed by atoms with Crippen molar-refractivity contribution in [3.05, 3.63) is 12.2 Å². The Balaban J connectivity index is 3.54. The lowest BCUT2D eigenvalue weighted by Gasteiger charge is -2.09. The van der Waals surface area contributed by atoms with Crippen LogP contribution in [0.25, 0.3) is 0 Å². The van der Waals surface area contributed by atoms with Gasteiger partial charge in [-0.2, -0.15) is 16.8 Å². The Hall–Kier alpha value is -1.05. The highest BCUT2D eigenvalue weighted by Gasteiger charge is 2.23. The van der Waals surface area contributed by atoms with Gasteiger partial charge < -0.3 is 5.11 Å². The van der Waals surface area contributed by atoms with Crippen LogP contribution in [0.3, 0.4) is 0 Å². The van der Waals surface area contributed by atoms with Crippen LogP contribution in [0.1, 0.15) is 70.6 Å². The van der Waals surface area contributed by atoms with E-state index < -0.39 is 32.9 Å².